The van der Waals surface area contributed by atoms with Crippen LogP contribution in [0.1, 0.15) is 12.8 Å². The van der Waals surface area contributed by atoms with E-state index < -0.39 is 17.2 Å². The van der Waals surface area contributed by atoms with Crippen LogP contribution in [0.25, 0.3) is 5.69 Å². The first-order valence-corrected chi connectivity index (χ1v) is 10.5. The number of rotatable bonds is 4. The van der Waals surface area contributed by atoms with Crippen molar-refractivity contribution in [2.45, 2.75) is 12.8 Å². The average Bonchev–Trinajstić information content (AvgIpc) is 2.78. The lowest BCUT2D eigenvalue weighted by atomic mass is 9.95. The molecule has 1 aliphatic heterocycles. The Hall–Kier alpha value is -3.04. The Bertz CT molecular complexity index is 1210. The molecule has 3 aromatic rings. The minimum atomic E-state index is -0.926. The lowest BCUT2D eigenvalue weighted by Gasteiger charge is -2.33. The second-order valence-electron chi connectivity index (χ2n) is 7.27. The Labute approximate surface area is 191 Å². The Kier molecular flexibility index (Phi) is 6.38. The SMILES string of the molecule is O=C(Nc1ccc(Cl)cn1)C1CCN(c2cnn(-c3ccc(F)cc3F)c(=O)c2Cl)CC1. The molecular formula is C21H17Cl2F2N5O2. The monoisotopic (exact) mass is 479 g/mol. The van der Waals surface area contributed by atoms with E-state index in [2.05, 4.69) is 15.4 Å². The molecule has 32 heavy (non-hydrogen) atoms. The molecule has 0 unspecified atom stereocenters. The fourth-order valence-electron chi connectivity index (χ4n) is 3.53. The number of carbonyl (C=O) groups is 1. The van der Waals surface area contributed by atoms with Gasteiger partial charge in [0.15, 0.2) is 5.82 Å². The number of carbonyl (C=O) groups excluding carboxylic acids is 1. The maximum Gasteiger partial charge on any atom is 0.292 e. The molecule has 11 heteroatoms. The van der Waals surface area contributed by atoms with Crippen molar-refractivity contribution in [3.63, 3.8) is 0 Å². The smallest absolute Gasteiger partial charge is 0.292 e. The minimum absolute atomic E-state index is 0.128. The van der Waals surface area contributed by atoms with Gasteiger partial charge in [0.2, 0.25) is 5.91 Å². The Morgan fingerprint density at radius 1 is 1.06 bits per heavy atom. The highest BCUT2D eigenvalue weighted by molar-refractivity contribution is 6.33. The highest BCUT2D eigenvalue weighted by Crippen LogP contribution is 2.28. The van der Waals surface area contributed by atoms with Crippen molar-refractivity contribution in [1.82, 2.24) is 14.8 Å². The van der Waals surface area contributed by atoms with E-state index in [4.69, 9.17) is 23.2 Å². The van der Waals surface area contributed by atoms with Crippen molar-refractivity contribution in [3.8, 4) is 5.69 Å². The summed E-state index contributed by atoms with van der Waals surface area (Å²) in [5, 5.41) is 7.13. The largest absolute Gasteiger partial charge is 0.369 e. The van der Waals surface area contributed by atoms with Crippen molar-refractivity contribution < 1.29 is 13.6 Å². The van der Waals surface area contributed by atoms with Crippen molar-refractivity contribution in [2.24, 2.45) is 5.92 Å². The topological polar surface area (TPSA) is 80.1 Å². The van der Waals surface area contributed by atoms with E-state index in [1.54, 1.807) is 12.1 Å². The number of amides is 1. The predicted octanol–water partition coefficient (Wildman–Crippen LogP) is 4.07. The molecule has 1 saturated heterocycles. The maximum atomic E-state index is 14.1. The molecule has 1 amide bonds. The molecule has 4 rings (SSSR count). The van der Waals surface area contributed by atoms with Gasteiger partial charge in [-0.3, -0.25) is 9.59 Å². The third-order valence-corrected chi connectivity index (χ3v) is 5.80. The zero-order valence-corrected chi connectivity index (χ0v) is 18.1. The van der Waals surface area contributed by atoms with Gasteiger partial charge in [0.1, 0.15) is 22.3 Å². The van der Waals surface area contributed by atoms with Crippen molar-refractivity contribution in [2.75, 3.05) is 23.3 Å². The summed E-state index contributed by atoms with van der Waals surface area (Å²) in [6, 6.07) is 6.08. The number of aromatic nitrogens is 3. The van der Waals surface area contributed by atoms with Gasteiger partial charge >= 0.3 is 0 Å². The summed E-state index contributed by atoms with van der Waals surface area (Å²) >= 11 is 12.1. The summed E-state index contributed by atoms with van der Waals surface area (Å²) < 4.78 is 28.0. The molecule has 7 nitrogen and oxygen atoms in total. The Balaban J connectivity index is 1.45. The highest BCUT2D eigenvalue weighted by atomic mass is 35.5. The fourth-order valence-corrected chi connectivity index (χ4v) is 3.89. The quantitative estimate of drug-likeness (QED) is 0.609. The van der Waals surface area contributed by atoms with Crippen LogP contribution in [-0.2, 0) is 4.79 Å². The number of nitrogens with one attached hydrogen (secondary N) is 1. The number of anilines is 2. The maximum absolute atomic E-state index is 14.1. The summed E-state index contributed by atoms with van der Waals surface area (Å²) in [4.78, 5) is 31.1. The molecule has 3 heterocycles. The van der Waals surface area contributed by atoms with E-state index in [1.807, 2.05) is 4.90 Å². The van der Waals surface area contributed by atoms with Crippen LogP contribution in [0.5, 0.6) is 0 Å². The number of piperidine rings is 1. The molecule has 1 N–H and O–H groups in total. The second-order valence-corrected chi connectivity index (χ2v) is 8.08. The number of hydrogen-bond acceptors (Lipinski definition) is 5. The van der Waals surface area contributed by atoms with E-state index in [1.165, 1.54) is 12.4 Å². The number of halogens is 4. The summed E-state index contributed by atoms with van der Waals surface area (Å²) in [5.74, 6) is -1.65. The molecular weight excluding hydrogens is 463 g/mol. The minimum Gasteiger partial charge on any atom is -0.369 e. The van der Waals surface area contributed by atoms with E-state index >= 15 is 0 Å². The van der Waals surface area contributed by atoms with Crippen LogP contribution in [-0.4, -0.2) is 33.8 Å². The second kappa shape index (κ2) is 9.22. The number of benzene rings is 1. The van der Waals surface area contributed by atoms with E-state index in [-0.39, 0.29) is 22.5 Å². The summed E-state index contributed by atoms with van der Waals surface area (Å²) in [5.41, 5.74) is -0.520. The third kappa shape index (κ3) is 4.58. The molecule has 0 radical (unpaired) electrons. The number of pyridine rings is 1. The van der Waals surface area contributed by atoms with Crippen LogP contribution < -0.4 is 15.8 Å². The summed E-state index contributed by atoms with van der Waals surface area (Å²) in [6.07, 6.45) is 3.89. The van der Waals surface area contributed by atoms with Gasteiger partial charge in [0, 0.05) is 31.3 Å². The molecule has 0 aliphatic carbocycles. The van der Waals surface area contributed by atoms with Crippen molar-refractivity contribution >= 4 is 40.6 Å². The first kappa shape index (κ1) is 22.2. The highest BCUT2D eigenvalue weighted by Gasteiger charge is 2.27. The lowest BCUT2D eigenvalue weighted by Crippen LogP contribution is -2.39. The normalized spacial score (nSPS) is 14.4. The van der Waals surface area contributed by atoms with Gasteiger partial charge in [-0.1, -0.05) is 23.2 Å². The van der Waals surface area contributed by atoms with Crippen LogP contribution in [0.2, 0.25) is 10.0 Å². The zero-order chi connectivity index (χ0) is 22.8. The van der Waals surface area contributed by atoms with Gasteiger partial charge in [-0.05, 0) is 37.1 Å². The van der Waals surface area contributed by atoms with E-state index in [0.29, 0.717) is 48.5 Å². The van der Waals surface area contributed by atoms with Gasteiger partial charge in [-0.2, -0.15) is 9.78 Å². The molecule has 0 spiro atoms. The standard InChI is InChI=1S/C21H17Cl2F2N5O2/c22-13-1-4-18(26-10-13)28-20(31)12-5-7-29(8-6-12)17-11-27-30(21(32)19(17)23)16-3-2-14(24)9-15(16)25/h1-4,9-12H,5-8H2,(H,26,28,31). The molecule has 2 aromatic heterocycles. The number of nitrogens with zero attached hydrogens (tertiary/aromatic N) is 4. The van der Waals surface area contributed by atoms with E-state index in [9.17, 15) is 18.4 Å². The first-order chi connectivity index (χ1) is 15.3. The van der Waals surface area contributed by atoms with Crippen LogP contribution in [0, 0.1) is 17.6 Å². The zero-order valence-electron chi connectivity index (χ0n) is 16.6. The van der Waals surface area contributed by atoms with Crippen molar-refractivity contribution in [3.05, 3.63) is 74.8 Å². The Morgan fingerprint density at radius 2 is 1.81 bits per heavy atom. The number of hydrogen-bond donors (Lipinski definition) is 1. The van der Waals surface area contributed by atoms with E-state index in [0.717, 1.165) is 16.8 Å². The van der Waals surface area contributed by atoms with Gasteiger partial charge < -0.3 is 10.2 Å². The average molecular weight is 480 g/mol. The molecule has 1 fully saturated rings. The van der Waals surface area contributed by atoms with Crippen LogP contribution in [0.4, 0.5) is 20.3 Å². The molecule has 0 bridgehead atoms. The molecule has 0 saturated carbocycles. The first-order valence-electron chi connectivity index (χ1n) is 9.74. The third-order valence-electron chi connectivity index (χ3n) is 5.22. The van der Waals surface area contributed by atoms with Crippen LogP contribution >= 0.6 is 23.2 Å². The lowest BCUT2D eigenvalue weighted by molar-refractivity contribution is -0.120. The molecule has 166 valence electrons. The van der Waals surface area contributed by atoms with Crippen LogP contribution in [0.3, 0.4) is 0 Å². The van der Waals surface area contributed by atoms with Crippen LogP contribution in [0.15, 0.2) is 47.5 Å². The summed E-state index contributed by atoms with van der Waals surface area (Å²) in [6.45, 7) is 0.948. The van der Waals surface area contributed by atoms with Crippen molar-refractivity contribution in [1.29, 1.82) is 0 Å². The van der Waals surface area contributed by atoms with Gasteiger partial charge in [-0.15, -0.1) is 0 Å². The fraction of sp³-hybridized carbons (Fsp3) is 0.238. The Morgan fingerprint density at radius 3 is 2.47 bits per heavy atom. The molecule has 1 aromatic carbocycles. The molecule has 1 aliphatic rings. The summed E-state index contributed by atoms with van der Waals surface area (Å²) in [7, 11) is 0. The van der Waals surface area contributed by atoms with Gasteiger partial charge in [0.25, 0.3) is 5.56 Å². The van der Waals surface area contributed by atoms with Gasteiger partial charge in [0.05, 0.1) is 16.9 Å². The molecule has 0 atom stereocenters. The predicted molar refractivity (Wildman–Crippen MR) is 118 cm³/mol. The van der Waals surface area contributed by atoms with Gasteiger partial charge in [-0.25, -0.2) is 13.8 Å².